The summed E-state index contributed by atoms with van der Waals surface area (Å²) in [6.07, 6.45) is 0. The first kappa shape index (κ1) is 30.3. The zero-order valence-corrected chi connectivity index (χ0v) is 29.9. The van der Waals surface area contributed by atoms with Gasteiger partial charge in [0.2, 0.25) is 0 Å². The molecule has 0 unspecified atom stereocenters. The number of hydrogen-bond acceptors (Lipinski definition) is 2. The van der Waals surface area contributed by atoms with E-state index in [0.29, 0.717) is 0 Å². The molecule has 9 aromatic carbocycles. The van der Waals surface area contributed by atoms with Crippen LogP contribution in [0.1, 0.15) is 22.3 Å². The van der Waals surface area contributed by atoms with Crippen molar-refractivity contribution < 1.29 is 4.42 Å². The zero-order valence-electron chi connectivity index (χ0n) is 29.9. The molecule has 12 rings (SSSR count). The molecule has 0 aliphatic heterocycles. The van der Waals surface area contributed by atoms with Gasteiger partial charge in [-0.1, -0.05) is 164 Å². The number of rotatable bonds is 4. The Morgan fingerprint density at radius 1 is 0.364 bits per heavy atom. The molecular weight excluding hydrogens is 667 g/mol. The Bertz CT molecular complexity index is 3110. The lowest BCUT2D eigenvalue weighted by atomic mass is 9.70. The minimum atomic E-state index is -0.435. The average Bonchev–Trinajstić information content (AvgIpc) is 3.89. The van der Waals surface area contributed by atoms with Crippen LogP contribution in [0.2, 0.25) is 0 Å². The fourth-order valence-corrected chi connectivity index (χ4v) is 10.0. The summed E-state index contributed by atoms with van der Waals surface area (Å²) >= 11 is 0. The zero-order chi connectivity index (χ0) is 36.1. The van der Waals surface area contributed by atoms with Gasteiger partial charge in [-0.15, -0.1) is 0 Å². The van der Waals surface area contributed by atoms with E-state index in [1.54, 1.807) is 0 Å². The molecule has 2 heteroatoms. The largest absolute Gasteiger partial charge is 0.456 e. The number of furan rings is 1. The molecule has 2 aliphatic rings. The van der Waals surface area contributed by atoms with Crippen LogP contribution in [-0.2, 0) is 5.41 Å². The van der Waals surface area contributed by atoms with Gasteiger partial charge in [-0.3, -0.25) is 0 Å². The van der Waals surface area contributed by atoms with Gasteiger partial charge in [0.05, 0.1) is 22.2 Å². The highest BCUT2D eigenvalue weighted by atomic mass is 16.3. The second kappa shape index (κ2) is 11.4. The Morgan fingerprint density at radius 2 is 0.909 bits per heavy atom. The van der Waals surface area contributed by atoms with E-state index in [1.165, 1.54) is 66.4 Å². The number of hydrogen-bond donors (Lipinski definition) is 0. The first-order valence-corrected chi connectivity index (χ1v) is 19.0. The van der Waals surface area contributed by atoms with Crippen LogP contribution in [0.15, 0.2) is 205 Å². The fourth-order valence-electron chi connectivity index (χ4n) is 10.0. The van der Waals surface area contributed by atoms with Crippen LogP contribution in [0.4, 0.5) is 17.1 Å². The average molecular weight is 700 g/mol. The molecule has 1 spiro atoms. The summed E-state index contributed by atoms with van der Waals surface area (Å²) in [5.41, 5.74) is 17.4. The lowest BCUT2D eigenvalue weighted by Crippen LogP contribution is -2.26. The van der Waals surface area contributed by atoms with E-state index in [-0.39, 0.29) is 0 Å². The summed E-state index contributed by atoms with van der Waals surface area (Å²) in [6.45, 7) is 0. The van der Waals surface area contributed by atoms with Crippen molar-refractivity contribution in [1.82, 2.24) is 0 Å². The maximum atomic E-state index is 6.86. The molecule has 2 nitrogen and oxygen atoms in total. The Hall–Kier alpha value is -7.16. The third-order valence-corrected chi connectivity index (χ3v) is 12.1. The van der Waals surface area contributed by atoms with Crippen LogP contribution in [0.5, 0.6) is 0 Å². The standard InChI is InChI=1S/C53H33NO/c1-3-17-34(18-4-1)41-33-49-51(39-24-8-7-21-36(39)41)52-47(31-16-32-48(52)55-49)54(35-19-5-2-6-20-35)46-30-15-29-45-50(46)40-25-11-14-28-44(40)53(45)42-26-12-9-22-37(42)38-23-10-13-27-43(38)53/h1-33H. The normalized spacial score (nSPS) is 13.2. The molecule has 0 bridgehead atoms. The van der Waals surface area contributed by atoms with Crippen LogP contribution in [0.3, 0.4) is 0 Å². The van der Waals surface area contributed by atoms with Gasteiger partial charge in [0.1, 0.15) is 11.2 Å². The Morgan fingerprint density at radius 3 is 1.64 bits per heavy atom. The Kier molecular flexibility index (Phi) is 6.29. The minimum absolute atomic E-state index is 0.435. The number of nitrogens with zero attached hydrogens (tertiary/aromatic N) is 1. The molecule has 256 valence electrons. The lowest BCUT2D eigenvalue weighted by Gasteiger charge is -2.32. The molecular formula is C53H33NO. The van der Waals surface area contributed by atoms with Gasteiger partial charge in [0, 0.05) is 16.6 Å². The SMILES string of the molecule is c1ccc(-c2cc3oc4cccc(N(c5ccccc5)c5cccc6c5-c5ccccc5C65c6ccccc6-c6ccccc65)c4c3c3ccccc23)cc1. The predicted octanol–water partition coefficient (Wildman–Crippen LogP) is 14.2. The molecule has 0 amide bonds. The topological polar surface area (TPSA) is 16.4 Å². The van der Waals surface area contributed by atoms with Crippen molar-refractivity contribution in [3.63, 3.8) is 0 Å². The molecule has 10 aromatic rings. The molecule has 0 N–H and O–H groups in total. The molecule has 0 saturated carbocycles. The van der Waals surface area contributed by atoms with Gasteiger partial charge in [-0.2, -0.15) is 0 Å². The van der Waals surface area contributed by atoms with E-state index in [0.717, 1.165) is 39.0 Å². The lowest BCUT2D eigenvalue weighted by molar-refractivity contribution is 0.669. The summed E-state index contributed by atoms with van der Waals surface area (Å²) in [6, 6.07) is 73.0. The van der Waals surface area contributed by atoms with E-state index in [2.05, 4.69) is 205 Å². The van der Waals surface area contributed by atoms with Crippen LogP contribution in [0, 0.1) is 0 Å². The van der Waals surface area contributed by atoms with E-state index in [4.69, 9.17) is 4.42 Å². The third kappa shape index (κ3) is 4.03. The van der Waals surface area contributed by atoms with Crippen molar-refractivity contribution in [2.75, 3.05) is 4.90 Å². The summed E-state index contributed by atoms with van der Waals surface area (Å²) < 4.78 is 6.86. The van der Waals surface area contributed by atoms with Crippen LogP contribution in [0.25, 0.3) is 66.1 Å². The van der Waals surface area contributed by atoms with E-state index in [1.807, 2.05) is 0 Å². The van der Waals surface area contributed by atoms with Crippen LogP contribution in [-0.4, -0.2) is 0 Å². The van der Waals surface area contributed by atoms with Crippen molar-refractivity contribution in [3.05, 3.63) is 222 Å². The number of anilines is 3. The first-order chi connectivity index (χ1) is 27.3. The van der Waals surface area contributed by atoms with E-state index < -0.39 is 5.41 Å². The quantitative estimate of drug-likeness (QED) is 0.182. The number of para-hydroxylation sites is 1. The predicted molar refractivity (Wildman–Crippen MR) is 228 cm³/mol. The van der Waals surface area contributed by atoms with Crippen molar-refractivity contribution >= 4 is 49.8 Å². The number of benzene rings is 9. The second-order valence-corrected chi connectivity index (χ2v) is 14.7. The van der Waals surface area contributed by atoms with E-state index >= 15 is 0 Å². The van der Waals surface area contributed by atoms with Crippen LogP contribution >= 0.6 is 0 Å². The van der Waals surface area contributed by atoms with E-state index in [9.17, 15) is 0 Å². The summed E-state index contributed by atoms with van der Waals surface area (Å²) in [5, 5.41) is 4.62. The van der Waals surface area contributed by atoms with Crippen molar-refractivity contribution in [1.29, 1.82) is 0 Å². The molecule has 1 aromatic heterocycles. The molecule has 1 heterocycles. The summed E-state index contributed by atoms with van der Waals surface area (Å²) in [4.78, 5) is 2.47. The second-order valence-electron chi connectivity index (χ2n) is 14.7. The monoisotopic (exact) mass is 699 g/mol. The molecule has 0 radical (unpaired) electrons. The summed E-state index contributed by atoms with van der Waals surface area (Å²) in [7, 11) is 0. The van der Waals surface area contributed by atoms with Crippen molar-refractivity contribution in [2.24, 2.45) is 0 Å². The van der Waals surface area contributed by atoms with Gasteiger partial charge in [0.25, 0.3) is 0 Å². The first-order valence-electron chi connectivity index (χ1n) is 19.0. The number of fused-ring (bicyclic) bond motifs is 15. The van der Waals surface area contributed by atoms with Crippen LogP contribution < -0.4 is 4.90 Å². The molecule has 0 saturated heterocycles. The van der Waals surface area contributed by atoms with Gasteiger partial charge < -0.3 is 9.32 Å². The smallest absolute Gasteiger partial charge is 0.137 e. The minimum Gasteiger partial charge on any atom is -0.456 e. The van der Waals surface area contributed by atoms with Gasteiger partial charge in [-0.05, 0) is 97.2 Å². The Labute approximate surface area is 319 Å². The maximum absolute atomic E-state index is 6.86. The molecule has 55 heavy (non-hydrogen) atoms. The van der Waals surface area contributed by atoms with Crippen molar-refractivity contribution in [3.8, 4) is 33.4 Å². The highest BCUT2D eigenvalue weighted by molar-refractivity contribution is 6.25. The molecule has 0 fully saturated rings. The third-order valence-electron chi connectivity index (χ3n) is 12.1. The maximum Gasteiger partial charge on any atom is 0.137 e. The molecule has 2 aliphatic carbocycles. The van der Waals surface area contributed by atoms with Gasteiger partial charge >= 0.3 is 0 Å². The van der Waals surface area contributed by atoms with Crippen molar-refractivity contribution in [2.45, 2.75) is 5.41 Å². The highest BCUT2D eigenvalue weighted by Crippen LogP contribution is 2.64. The Balaban J connectivity index is 1.19. The summed E-state index contributed by atoms with van der Waals surface area (Å²) in [5.74, 6) is 0. The van der Waals surface area contributed by atoms with Gasteiger partial charge in [-0.25, -0.2) is 0 Å². The van der Waals surface area contributed by atoms with Gasteiger partial charge in [0.15, 0.2) is 0 Å². The fraction of sp³-hybridized carbons (Fsp3) is 0.0189. The highest BCUT2D eigenvalue weighted by Gasteiger charge is 2.52. The molecule has 0 atom stereocenters.